The van der Waals surface area contributed by atoms with E-state index in [2.05, 4.69) is 46.2 Å². The molecule has 0 bridgehead atoms. The molecule has 5 nitrogen and oxygen atoms in total. The van der Waals surface area contributed by atoms with Gasteiger partial charge in [0.2, 0.25) is 17.2 Å². The van der Waals surface area contributed by atoms with E-state index in [1.54, 1.807) is 4.90 Å². The van der Waals surface area contributed by atoms with Gasteiger partial charge in [-0.3, -0.25) is 0 Å². The van der Waals surface area contributed by atoms with E-state index in [9.17, 15) is 0 Å². The Labute approximate surface area is 124 Å². The van der Waals surface area contributed by atoms with Crippen LogP contribution < -0.4 is 10.2 Å². The lowest BCUT2D eigenvalue weighted by molar-refractivity contribution is 0.840. The van der Waals surface area contributed by atoms with Crippen LogP contribution in [0.15, 0.2) is 24.3 Å². The number of nitrogens with zero attached hydrogens (tertiary/aromatic N) is 4. The van der Waals surface area contributed by atoms with Gasteiger partial charge in [0.05, 0.1) is 6.04 Å². The summed E-state index contributed by atoms with van der Waals surface area (Å²) < 4.78 is 0. The first-order chi connectivity index (χ1) is 9.47. The maximum atomic E-state index is 5.93. The van der Waals surface area contributed by atoms with E-state index in [-0.39, 0.29) is 11.3 Å². The van der Waals surface area contributed by atoms with Crippen LogP contribution >= 0.6 is 11.6 Å². The number of benzene rings is 1. The highest BCUT2D eigenvalue weighted by Gasteiger charge is 2.12. The molecule has 1 N–H and O–H groups in total. The second kappa shape index (κ2) is 6.05. The molecule has 0 aliphatic carbocycles. The van der Waals surface area contributed by atoms with Crippen LogP contribution in [-0.4, -0.2) is 29.0 Å². The molecule has 0 spiro atoms. The summed E-state index contributed by atoms with van der Waals surface area (Å²) in [5.74, 6) is 1.01. The zero-order valence-electron chi connectivity index (χ0n) is 12.1. The average molecular weight is 292 g/mol. The van der Waals surface area contributed by atoms with Crippen molar-refractivity contribution in [3.05, 3.63) is 40.7 Å². The van der Waals surface area contributed by atoms with Crippen molar-refractivity contribution in [1.82, 2.24) is 15.0 Å². The minimum Gasteiger partial charge on any atom is -0.348 e. The molecule has 1 aromatic carbocycles. The highest BCUT2D eigenvalue weighted by atomic mass is 35.5. The third-order valence-electron chi connectivity index (χ3n) is 3.00. The molecule has 1 unspecified atom stereocenters. The number of hydrogen-bond donors (Lipinski definition) is 1. The van der Waals surface area contributed by atoms with Gasteiger partial charge in [-0.15, -0.1) is 0 Å². The summed E-state index contributed by atoms with van der Waals surface area (Å²) in [5, 5.41) is 3.45. The third kappa shape index (κ3) is 3.36. The van der Waals surface area contributed by atoms with E-state index in [1.807, 2.05) is 26.2 Å². The monoisotopic (exact) mass is 291 g/mol. The number of halogens is 1. The van der Waals surface area contributed by atoms with Crippen LogP contribution in [0.2, 0.25) is 5.28 Å². The molecule has 1 heterocycles. The molecule has 106 valence electrons. The van der Waals surface area contributed by atoms with Gasteiger partial charge in [-0.1, -0.05) is 24.3 Å². The molecule has 2 aromatic rings. The van der Waals surface area contributed by atoms with Crippen molar-refractivity contribution in [1.29, 1.82) is 0 Å². The first-order valence-corrected chi connectivity index (χ1v) is 6.76. The van der Waals surface area contributed by atoms with Crippen molar-refractivity contribution >= 4 is 23.5 Å². The van der Waals surface area contributed by atoms with Crippen LogP contribution in [0.4, 0.5) is 11.9 Å². The molecule has 0 saturated carbocycles. The molecule has 0 aliphatic rings. The van der Waals surface area contributed by atoms with E-state index >= 15 is 0 Å². The zero-order chi connectivity index (χ0) is 14.7. The van der Waals surface area contributed by atoms with Crippen LogP contribution in [0.25, 0.3) is 0 Å². The van der Waals surface area contributed by atoms with Gasteiger partial charge < -0.3 is 10.2 Å². The van der Waals surface area contributed by atoms with Crippen molar-refractivity contribution in [3.63, 3.8) is 0 Å². The van der Waals surface area contributed by atoms with Crippen LogP contribution in [0.3, 0.4) is 0 Å². The molecule has 20 heavy (non-hydrogen) atoms. The van der Waals surface area contributed by atoms with E-state index in [4.69, 9.17) is 11.6 Å². The number of anilines is 2. The molecular weight excluding hydrogens is 274 g/mol. The largest absolute Gasteiger partial charge is 0.348 e. The fourth-order valence-corrected chi connectivity index (χ4v) is 2.10. The summed E-state index contributed by atoms with van der Waals surface area (Å²) in [5.41, 5.74) is 2.43. The summed E-state index contributed by atoms with van der Waals surface area (Å²) in [7, 11) is 3.72. The Kier molecular flexibility index (Phi) is 4.39. The van der Waals surface area contributed by atoms with Gasteiger partial charge in [-0.25, -0.2) is 0 Å². The quantitative estimate of drug-likeness (QED) is 0.938. The van der Waals surface area contributed by atoms with Crippen LogP contribution in [-0.2, 0) is 0 Å². The number of hydrogen-bond acceptors (Lipinski definition) is 5. The topological polar surface area (TPSA) is 53.9 Å². The third-order valence-corrected chi connectivity index (χ3v) is 3.17. The second-order valence-electron chi connectivity index (χ2n) is 4.85. The Hall–Kier alpha value is -1.88. The Balaban J connectivity index is 2.24. The van der Waals surface area contributed by atoms with Gasteiger partial charge in [-0.05, 0) is 36.6 Å². The first-order valence-electron chi connectivity index (χ1n) is 6.38. The number of aromatic nitrogens is 3. The van der Waals surface area contributed by atoms with E-state index in [0.29, 0.717) is 11.9 Å². The summed E-state index contributed by atoms with van der Waals surface area (Å²) in [6.45, 7) is 4.15. The number of nitrogens with one attached hydrogen (secondary N) is 1. The number of aryl methyl sites for hydroxylation is 1. The summed E-state index contributed by atoms with van der Waals surface area (Å²) in [4.78, 5) is 14.3. The maximum Gasteiger partial charge on any atom is 0.230 e. The fraction of sp³-hybridized carbons (Fsp3) is 0.357. The van der Waals surface area contributed by atoms with E-state index < -0.39 is 0 Å². The standard InChI is InChI=1S/C14H18ClN5/c1-9-7-5-6-8-11(9)10(2)16-13-17-12(15)18-14(19-13)20(3)4/h5-8,10H,1-4H3,(H,16,17,18,19). The minimum absolute atomic E-state index is 0.0877. The van der Waals surface area contributed by atoms with Gasteiger partial charge in [0.15, 0.2) is 0 Å². The molecule has 6 heteroatoms. The SMILES string of the molecule is Cc1ccccc1C(C)Nc1nc(Cl)nc(N(C)C)n1. The van der Waals surface area contributed by atoms with Crippen LogP contribution in [0.5, 0.6) is 0 Å². The van der Waals surface area contributed by atoms with Crippen LogP contribution in [0.1, 0.15) is 24.1 Å². The van der Waals surface area contributed by atoms with Crippen molar-refractivity contribution in [2.75, 3.05) is 24.3 Å². The Morgan fingerprint density at radius 1 is 1.15 bits per heavy atom. The predicted octanol–water partition coefficient (Wildman–Crippen LogP) is 3.07. The van der Waals surface area contributed by atoms with Gasteiger partial charge in [-0.2, -0.15) is 15.0 Å². The van der Waals surface area contributed by atoms with Crippen molar-refractivity contribution in [3.8, 4) is 0 Å². The fourth-order valence-electron chi connectivity index (χ4n) is 1.95. The molecule has 0 amide bonds. The first kappa shape index (κ1) is 14.5. The highest BCUT2D eigenvalue weighted by molar-refractivity contribution is 6.28. The lowest BCUT2D eigenvalue weighted by atomic mass is 10.0. The minimum atomic E-state index is 0.0877. The molecule has 0 aliphatic heterocycles. The molecule has 1 atom stereocenters. The van der Waals surface area contributed by atoms with Gasteiger partial charge in [0.1, 0.15) is 0 Å². The van der Waals surface area contributed by atoms with Gasteiger partial charge >= 0.3 is 0 Å². The molecular formula is C14H18ClN5. The number of rotatable bonds is 4. The second-order valence-corrected chi connectivity index (χ2v) is 5.18. The highest BCUT2D eigenvalue weighted by Crippen LogP contribution is 2.21. The summed E-state index contributed by atoms with van der Waals surface area (Å²) >= 11 is 5.93. The lowest BCUT2D eigenvalue weighted by Gasteiger charge is -2.17. The molecule has 2 rings (SSSR count). The molecule has 0 radical (unpaired) electrons. The lowest BCUT2D eigenvalue weighted by Crippen LogP contribution is -2.16. The Bertz CT molecular complexity index is 600. The van der Waals surface area contributed by atoms with Crippen molar-refractivity contribution in [2.24, 2.45) is 0 Å². The summed E-state index contributed by atoms with van der Waals surface area (Å²) in [6.07, 6.45) is 0. The molecule has 0 saturated heterocycles. The molecule has 1 aromatic heterocycles. The van der Waals surface area contributed by atoms with Gasteiger partial charge in [0.25, 0.3) is 0 Å². The Morgan fingerprint density at radius 2 is 1.85 bits per heavy atom. The van der Waals surface area contributed by atoms with E-state index in [0.717, 1.165) is 0 Å². The summed E-state index contributed by atoms with van der Waals surface area (Å²) in [6, 6.07) is 8.30. The smallest absolute Gasteiger partial charge is 0.230 e. The normalized spacial score (nSPS) is 12.1. The van der Waals surface area contributed by atoms with Crippen molar-refractivity contribution < 1.29 is 0 Å². The van der Waals surface area contributed by atoms with Gasteiger partial charge in [0, 0.05) is 14.1 Å². The predicted molar refractivity (Wildman–Crippen MR) is 82.4 cm³/mol. The Morgan fingerprint density at radius 3 is 2.50 bits per heavy atom. The van der Waals surface area contributed by atoms with Crippen LogP contribution in [0, 0.1) is 6.92 Å². The molecule has 0 fully saturated rings. The zero-order valence-corrected chi connectivity index (χ0v) is 12.8. The average Bonchev–Trinajstić information content (AvgIpc) is 2.38. The van der Waals surface area contributed by atoms with Crippen molar-refractivity contribution in [2.45, 2.75) is 19.9 Å². The maximum absolute atomic E-state index is 5.93. The van der Waals surface area contributed by atoms with E-state index in [1.165, 1.54) is 11.1 Å².